The third kappa shape index (κ3) is 3.34. The van der Waals surface area contributed by atoms with Crippen molar-refractivity contribution in [2.75, 3.05) is 25.0 Å². The summed E-state index contributed by atoms with van der Waals surface area (Å²) >= 11 is 1.57. The minimum atomic E-state index is -0.275. The van der Waals surface area contributed by atoms with Gasteiger partial charge in [-0.1, -0.05) is 5.16 Å². The van der Waals surface area contributed by atoms with E-state index in [1.165, 1.54) is 0 Å². The van der Waals surface area contributed by atoms with E-state index in [0.29, 0.717) is 31.3 Å². The van der Waals surface area contributed by atoms with Crippen molar-refractivity contribution in [3.05, 3.63) is 28.4 Å². The van der Waals surface area contributed by atoms with Gasteiger partial charge in [0.1, 0.15) is 16.9 Å². The molecular weight excluding hydrogens is 304 g/mol. The summed E-state index contributed by atoms with van der Waals surface area (Å²) in [6, 6.07) is 1.42. The lowest BCUT2D eigenvalue weighted by atomic mass is 10.2. The Morgan fingerprint density at radius 1 is 1.59 bits per heavy atom. The fourth-order valence-corrected chi connectivity index (χ4v) is 3.06. The van der Waals surface area contributed by atoms with Crippen molar-refractivity contribution in [3.8, 4) is 0 Å². The third-order valence-corrected chi connectivity index (χ3v) is 4.50. The Labute approximate surface area is 132 Å². The Morgan fingerprint density at radius 3 is 3.14 bits per heavy atom. The Hall–Kier alpha value is -1.77. The number of rotatable bonds is 4. The van der Waals surface area contributed by atoms with Crippen LogP contribution in [0.1, 0.15) is 23.8 Å². The quantitative estimate of drug-likeness (QED) is 0.925. The van der Waals surface area contributed by atoms with Crippen LogP contribution in [0, 0.1) is 6.92 Å². The lowest BCUT2D eigenvalue weighted by molar-refractivity contribution is -0.124. The first-order valence-corrected chi connectivity index (χ1v) is 8.00. The zero-order valence-electron chi connectivity index (χ0n) is 12.5. The van der Waals surface area contributed by atoms with Crippen molar-refractivity contribution < 1.29 is 14.1 Å². The maximum Gasteiger partial charge on any atom is 0.242 e. The van der Waals surface area contributed by atoms with E-state index < -0.39 is 0 Å². The van der Waals surface area contributed by atoms with E-state index in [-0.39, 0.29) is 18.1 Å². The van der Waals surface area contributed by atoms with E-state index in [1.807, 2.05) is 12.3 Å². The van der Waals surface area contributed by atoms with Crippen molar-refractivity contribution >= 4 is 23.1 Å². The van der Waals surface area contributed by atoms with E-state index in [9.17, 15) is 4.79 Å². The predicted octanol–water partition coefficient (Wildman–Crippen LogP) is 1.84. The van der Waals surface area contributed by atoms with Gasteiger partial charge >= 0.3 is 0 Å². The van der Waals surface area contributed by atoms with Gasteiger partial charge in [-0.3, -0.25) is 9.69 Å². The van der Waals surface area contributed by atoms with Gasteiger partial charge in [-0.2, -0.15) is 0 Å². The zero-order chi connectivity index (χ0) is 15.5. The van der Waals surface area contributed by atoms with E-state index in [4.69, 9.17) is 9.26 Å². The summed E-state index contributed by atoms with van der Waals surface area (Å²) in [5.41, 5.74) is 0. The van der Waals surface area contributed by atoms with Gasteiger partial charge < -0.3 is 14.6 Å². The highest BCUT2D eigenvalue weighted by atomic mass is 32.1. The fraction of sp³-hybridized carbons (Fsp3) is 0.500. The standard InChI is InChI=1S/C14H18N4O3S/c1-9-7-12(17-21-9)16-13(19)10(2)18-4-5-20-11(8-18)14-15-3-6-22-14/h3,6-7,10-11H,4-5,8H2,1-2H3,(H,16,17,19)/t10-,11+/m0/s1. The van der Waals surface area contributed by atoms with Crippen molar-refractivity contribution in [1.29, 1.82) is 0 Å². The number of hydrogen-bond donors (Lipinski definition) is 1. The summed E-state index contributed by atoms with van der Waals surface area (Å²) in [5.74, 6) is 1.00. The van der Waals surface area contributed by atoms with Gasteiger partial charge in [0.2, 0.25) is 5.91 Å². The predicted molar refractivity (Wildman–Crippen MR) is 81.7 cm³/mol. The average molecular weight is 322 g/mol. The van der Waals surface area contributed by atoms with Crippen LogP contribution in [0.15, 0.2) is 22.2 Å². The number of nitrogens with zero attached hydrogens (tertiary/aromatic N) is 3. The van der Waals surface area contributed by atoms with E-state index in [2.05, 4.69) is 20.4 Å². The first kappa shape index (κ1) is 15.1. The summed E-state index contributed by atoms with van der Waals surface area (Å²) < 4.78 is 10.7. The molecule has 7 nitrogen and oxygen atoms in total. The molecule has 1 aliphatic rings. The highest BCUT2D eigenvalue weighted by Gasteiger charge is 2.30. The van der Waals surface area contributed by atoms with Crippen molar-refractivity contribution in [2.24, 2.45) is 0 Å². The summed E-state index contributed by atoms with van der Waals surface area (Å²) in [5, 5.41) is 9.43. The molecule has 0 bridgehead atoms. The van der Waals surface area contributed by atoms with Gasteiger partial charge in [-0.05, 0) is 13.8 Å². The highest BCUT2D eigenvalue weighted by molar-refractivity contribution is 7.09. The number of aryl methyl sites for hydroxylation is 1. The summed E-state index contributed by atoms with van der Waals surface area (Å²) in [6.07, 6.45) is 1.70. The first-order chi connectivity index (χ1) is 10.6. The molecule has 2 aromatic rings. The number of carbonyl (C=O) groups is 1. The zero-order valence-corrected chi connectivity index (χ0v) is 13.3. The summed E-state index contributed by atoms with van der Waals surface area (Å²) in [4.78, 5) is 18.7. The Balaban J connectivity index is 1.61. The molecule has 1 fully saturated rings. The minimum absolute atomic E-state index is 0.0710. The van der Waals surface area contributed by atoms with Crippen LogP contribution in [0.4, 0.5) is 5.82 Å². The first-order valence-electron chi connectivity index (χ1n) is 7.12. The second kappa shape index (κ2) is 6.55. The number of thiazole rings is 1. The van der Waals surface area contributed by atoms with Crippen LogP contribution in [0.5, 0.6) is 0 Å². The number of hydrogen-bond acceptors (Lipinski definition) is 7. The summed E-state index contributed by atoms with van der Waals surface area (Å²) in [6.45, 7) is 5.62. The van der Waals surface area contributed by atoms with Crippen LogP contribution in [-0.4, -0.2) is 46.7 Å². The molecule has 2 aromatic heterocycles. The van der Waals surface area contributed by atoms with Gasteiger partial charge in [-0.15, -0.1) is 11.3 Å². The molecule has 3 rings (SSSR count). The highest BCUT2D eigenvalue weighted by Crippen LogP contribution is 2.25. The number of carbonyl (C=O) groups excluding carboxylic acids is 1. The average Bonchev–Trinajstić information content (AvgIpc) is 3.18. The summed E-state index contributed by atoms with van der Waals surface area (Å²) in [7, 11) is 0. The molecule has 0 aliphatic carbocycles. The molecule has 3 heterocycles. The SMILES string of the molecule is Cc1cc(NC(=O)[C@H](C)N2CCO[C@@H](c3nccs3)C2)no1. The van der Waals surface area contributed by atoms with Gasteiger partial charge in [0.25, 0.3) is 0 Å². The van der Waals surface area contributed by atoms with Crippen LogP contribution in [0.3, 0.4) is 0 Å². The maximum absolute atomic E-state index is 12.3. The topological polar surface area (TPSA) is 80.5 Å². The van der Waals surface area contributed by atoms with Crippen LogP contribution in [-0.2, 0) is 9.53 Å². The fourth-order valence-electron chi connectivity index (χ4n) is 2.39. The number of morpholine rings is 1. The van der Waals surface area contributed by atoms with Crippen molar-refractivity contribution in [1.82, 2.24) is 15.0 Å². The van der Waals surface area contributed by atoms with Crippen LogP contribution < -0.4 is 5.32 Å². The molecule has 2 atom stereocenters. The molecule has 1 saturated heterocycles. The number of ether oxygens (including phenoxy) is 1. The molecule has 118 valence electrons. The number of aromatic nitrogens is 2. The molecule has 0 unspecified atom stereocenters. The van der Waals surface area contributed by atoms with Crippen LogP contribution >= 0.6 is 11.3 Å². The minimum Gasteiger partial charge on any atom is -0.368 e. The molecule has 0 saturated carbocycles. The molecular formula is C14H18N4O3S. The molecule has 0 spiro atoms. The normalized spacial score (nSPS) is 20.7. The van der Waals surface area contributed by atoms with Gasteiger partial charge in [0.05, 0.1) is 12.6 Å². The number of nitrogens with one attached hydrogen (secondary N) is 1. The molecule has 1 N–H and O–H groups in total. The third-order valence-electron chi connectivity index (χ3n) is 3.63. The molecule has 0 aromatic carbocycles. The lowest BCUT2D eigenvalue weighted by Crippen LogP contribution is -2.48. The Morgan fingerprint density at radius 2 is 2.45 bits per heavy atom. The largest absolute Gasteiger partial charge is 0.368 e. The van der Waals surface area contributed by atoms with Crippen molar-refractivity contribution in [2.45, 2.75) is 26.0 Å². The lowest BCUT2D eigenvalue weighted by Gasteiger charge is -2.35. The number of amides is 1. The van der Waals surface area contributed by atoms with Gasteiger partial charge in [0.15, 0.2) is 5.82 Å². The van der Waals surface area contributed by atoms with E-state index in [0.717, 1.165) is 5.01 Å². The molecule has 8 heteroatoms. The van der Waals surface area contributed by atoms with Crippen LogP contribution in [0.25, 0.3) is 0 Å². The van der Waals surface area contributed by atoms with Crippen LogP contribution in [0.2, 0.25) is 0 Å². The Kier molecular flexibility index (Phi) is 4.51. The van der Waals surface area contributed by atoms with E-state index in [1.54, 1.807) is 30.5 Å². The second-order valence-corrected chi connectivity index (χ2v) is 6.14. The van der Waals surface area contributed by atoms with Crippen molar-refractivity contribution in [3.63, 3.8) is 0 Å². The number of anilines is 1. The second-order valence-electron chi connectivity index (χ2n) is 5.21. The molecule has 22 heavy (non-hydrogen) atoms. The molecule has 0 radical (unpaired) electrons. The van der Waals surface area contributed by atoms with Gasteiger partial charge in [0, 0.05) is 30.7 Å². The monoisotopic (exact) mass is 322 g/mol. The van der Waals surface area contributed by atoms with E-state index >= 15 is 0 Å². The Bertz CT molecular complexity index is 628. The molecule has 1 aliphatic heterocycles. The smallest absolute Gasteiger partial charge is 0.242 e. The molecule has 1 amide bonds. The van der Waals surface area contributed by atoms with Gasteiger partial charge in [-0.25, -0.2) is 4.98 Å². The maximum atomic E-state index is 12.3.